The van der Waals surface area contributed by atoms with Gasteiger partial charge >= 0.3 is 5.97 Å². The number of aliphatic hydroxyl groups excluding tert-OH is 1. The summed E-state index contributed by atoms with van der Waals surface area (Å²) in [4.78, 5) is 12.5. The molecule has 0 aliphatic heterocycles. The van der Waals surface area contributed by atoms with E-state index in [0.717, 1.165) is 38.5 Å². The van der Waals surface area contributed by atoms with E-state index < -0.39 is 5.41 Å². The van der Waals surface area contributed by atoms with E-state index in [4.69, 9.17) is 4.74 Å². The molecule has 1 fully saturated rings. The number of hydrogen-bond acceptors (Lipinski definition) is 3. The normalized spacial score (nSPS) is 37.4. The van der Waals surface area contributed by atoms with Gasteiger partial charge in [0.15, 0.2) is 0 Å². The van der Waals surface area contributed by atoms with Crippen LogP contribution in [0.3, 0.4) is 0 Å². The van der Waals surface area contributed by atoms with Crippen molar-refractivity contribution < 1.29 is 14.6 Å². The van der Waals surface area contributed by atoms with Gasteiger partial charge in [0.2, 0.25) is 0 Å². The lowest BCUT2D eigenvalue weighted by atomic mass is 9.53. The Balaban J connectivity index is 1.66. The first-order valence-electron chi connectivity index (χ1n) is 11.6. The number of allylic oxidation sites excluding steroid dienone is 5. The minimum atomic E-state index is -0.462. The van der Waals surface area contributed by atoms with Crippen LogP contribution in [0.4, 0.5) is 0 Å². The van der Waals surface area contributed by atoms with E-state index >= 15 is 0 Å². The molecule has 0 saturated heterocycles. The number of carbonyl (C=O) groups is 1. The van der Waals surface area contributed by atoms with Crippen LogP contribution in [0.5, 0.6) is 0 Å². The monoisotopic (exact) mass is 398 g/mol. The Morgan fingerprint density at radius 3 is 2.72 bits per heavy atom. The maximum atomic E-state index is 12.5. The second-order valence-corrected chi connectivity index (χ2v) is 11.1. The van der Waals surface area contributed by atoms with Crippen molar-refractivity contribution in [3.63, 3.8) is 0 Å². The summed E-state index contributed by atoms with van der Waals surface area (Å²) < 4.78 is 5.95. The first-order chi connectivity index (χ1) is 13.6. The quantitative estimate of drug-likeness (QED) is 0.616. The van der Waals surface area contributed by atoms with Crippen LogP contribution < -0.4 is 0 Å². The summed E-state index contributed by atoms with van der Waals surface area (Å²) in [6.45, 7) is 10.5. The van der Waals surface area contributed by atoms with E-state index in [1.54, 1.807) is 5.57 Å². The highest BCUT2D eigenvalue weighted by Gasteiger charge is 2.54. The Bertz CT molecular complexity index is 780. The van der Waals surface area contributed by atoms with E-state index in [9.17, 15) is 9.90 Å². The summed E-state index contributed by atoms with van der Waals surface area (Å²) in [6, 6.07) is 0. The average molecular weight is 399 g/mol. The highest BCUT2D eigenvalue weighted by atomic mass is 16.5. The number of aliphatic hydroxyl groups is 1. The maximum absolute atomic E-state index is 12.5. The van der Waals surface area contributed by atoms with Crippen molar-refractivity contribution >= 4 is 5.97 Å². The molecule has 4 aliphatic rings. The molecule has 4 aliphatic carbocycles. The molecule has 0 aromatic rings. The largest absolute Gasteiger partial charge is 0.462 e. The summed E-state index contributed by atoms with van der Waals surface area (Å²) in [6.07, 6.45) is 14.8. The Hall–Kier alpha value is -1.35. The molecule has 0 aromatic carbocycles. The molecule has 0 amide bonds. The van der Waals surface area contributed by atoms with Crippen molar-refractivity contribution in [1.82, 2.24) is 0 Å². The fourth-order valence-corrected chi connectivity index (χ4v) is 6.81. The van der Waals surface area contributed by atoms with E-state index in [0.29, 0.717) is 11.8 Å². The molecular weight excluding hydrogens is 360 g/mol. The van der Waals surface area contributed by atoms with Gasteiger partial charge in [0, 0.05) is 11.3 Å². The molecule has 0 radical (unpaired) electrons. The first kappa shape index (κ1) is 20.9. The number of ether oxygens (including phenoxy) is 1. The predicted octanol–water partition coefficient (Wildman–Crippen LogP) is 5.75. The van der Waals surface area contributed by atoms with Gasteiger partial charge in [-0.3, -0.25) is 4.79 Å². The van der Waals surface area contributed by atoms with Gasteiger partial charge in [-0.1, -0.05) is 30.7 Å². The van der Waals surface area contributed by atoms with Crippen LogP contribution in [0.2, 0.25) is 0 Å². The third kappa shape index (κ3) is 3.15. The Morgan fingerprint density at radius 1 is 1.28 bits per heavy atom. The summed E-state index contributed by atoms with van der Waals surface area (Å²) >= 11 is 0. The molecule has 29 heavy (non-hydrogen) atoms. The molecule has 1 unspecified atom stereocenters. The Kier molecular flexibility index (Phi) is 5.13. The van der Waals surface area contributed by atoms with Gasteiger partial charge < -0.3 is 9.84 Å². The molecule has 3 heteroatoms. The van der Waals surface area contributed by atoms with Crippen molar-refractivity contribution in [3.05, 3.63) is 34.9 Å². The molecule has 0 heterocycles. The summed E-state index contributed by atoms with van der Waals surface area (Å²) in [7, 11) is 0. The minimum Gasteiger partial charge on any atom is -0.462 e. The van der Waals surface area contributed by atoms with Crippen LogP contribution in [0.15, 0.2) is 34.9 Å². The number of carbonyl (C=O) groups excluding carboxylic acids is 1. The number of rotatable bonds is 3. The van der Waals surface area contributed by atoms with Gasteiger partial charge in [-0.15, -0.1) is 0 Å². The first-order valence-corrected chi connectivity index (χ1v) is 11.6. The predicted molar refractivity (Wildman–Crippen MR) is 116 cm³/mol. The number of hydrogen-bond donors (Lipinski definition) is 1. The van der Waals surface area contributed by atoms with E-state index in [-0.39, 0.29) is 29.5 Å². The Labute approximate surface area is 176 Å². The highest BCUT2D eigenvalue weighted by Crippen LogP contribution is 2.63. The second kappa shape index (κ2) is 7.11. The molecule has 0 bridgehead atoms. The lowest BCUT2D eigenvalue weighted by Gasteiger charge is -2.52. The second-order valence-electron chi connectivity index (χ2n) is 11.1. The van der Waals surface area contributed by atoms with Crippen molar-refractivity contribution in [2.45, 2.75) is 85.7 Å². The smallest absolute Gasteiger partial charge is 0.311 e. The van der Waals surface area contributed by atoms with Crippen LogP contribution in [0.25, 0.3) is 0 Å². The van der Waals surface area contributed by atoms with Gasteiger partial charge in [0.25, 0.3) is 0 Å². The summed E-state index contributed by atoms with van der Waals surface area (Å²) in [5, 5.41) is 10.5. The zero-order valence-electron chi connectivity index (χ0n) is 18.9. The van der Waals surface area contributed by atoms with Gasteiger partial charge in [-0.2, -0.15) is 0 Å². The molecule has 4 rings (SSSR count). The van der Waals surface area contributed by atoms with E-state index in [2.05, 4.69) is 32.1 Å². The third-order valence-corrected chi connectivity index (χ3v) is 8.52. The molecule has 0 spiro atoms. The molecular formula is C26H38O3. The van der Waals surface area contributed by atoms with Gasteiger partial charge in [0.1, 0.15) is 6.10 Å². The summed E-state index contributed by atoms with van der Waals surface area (Å²) in [5.74, 6) is 0.717. The number of esters is 1. The fourth-order valence-electron chi connectivity index (χ4n) is 6.81. The third-order valence-electron chi connectivity index (χ3n) is 8.52. The SMILES string of the molecule is CC(OC(=O)C(C)(C)C)[C@H]1CCC2=C3C=CC4=CCCC[C@]4(CO)[C@H]3CC[C@@]21C. The molecule has 1 N–H and O–H groups in total. The van der Waals surface area contributed by atoms with Crippen LogP contribution in [0, 0.1) is 28.1 Å². The van der Waals surface area contributed by atoms with Gasteiger partial charge in [-0.25, -0.2) is 0 Å². The zero-order valence-corrected chi connectivity index (χ0v) is 18.9. The van der Waals surface area contributed by atoms with Gasteiger partial charge in [0.05, 0.1) is 12.0 Å². The Morgan fingerprint density at radius 2 is 2.03 bits per heavy atom. The molecule has 1 saturated carbocycles. The van der Waals surface area contributed by atoms with Crippen LogP contribution in [0.1, 0.15) is 79.6 Å². The van der Waals surface area contributed by atoms with Crippen molar-refractivity contribution in [2.75, 3.05) is 6.61 Å². The molecule has 5 atom stereocenters. The van der Waals surface area contributed by atoms with Gasteiger partial charge in [-0.05, 0) is 95.1 Å². The molecule has 0 aromatic heterocycles. The number of fused-ring (bicyclic) bond motifs is 4. The maximum Gasteiger partial charge on any atom is 0.311 e. The van der Waals surface area contributed by atoms with Crippen molar-refractivity contribution in [3.8, 4) is 0 Å². The standard InChI is InChI=1S/C26H38O3/c1-17(29-23(28)24(2,3)4)20-11-12-21-19-10-9-18-8-6-7-14-26(18,16-27)22(19)13-15-25(20,21)5/h8-10,17,20,22,27H,6-7,11-16H2,1-5H3/t17?,20-,22+,25-,26-/m1/s1. The molecule has 3 nitrogen and oxygen atoms in total. The fraction of sp³-hybridized carbons (Fsp3) is 0.731. The van der Waals surface area contributed by atoms with Crippen molar-refractivity contribution in [1.29, 1.82) is 0 Å². The lowest BCUT2D eigenvalue weighted by molar-refractivity contribution is -0.162. The lowest BCUT2D eigenvalue weighted by Crippen LogP contribution is -2.45. The van der Waals surface area contributed by atoms with Crippen LogP contribution in [-0.2, 0) is 9.53 Å². The van der Waals surface area contributed by atoms with Crippen LogP contribution >= 0.6 is 0 Å². The molecule has 160 valence electrons. The van der Waals surface area contributed by atoms with E-state index in [1.807, 2.05) is 20.8 Å². The zero-order chi connectivity index (χ0) is 21.0. The summed E-state index contributed by atoms with van der Waals surface area (Å²) in [5.41, 5.74) is 4.00. The highest BCUT2D eigenvalue weighted by molar-refractivity contribution is 5.75. The van der Waals surface area contributed by atoms with Crippen LogP contribution in [-0.4, -0.2) is 23.8 Å². The topological polar surface area (TPSA) is 46.5 Å². The average Bonchev–Trinajstić information content (AvgIpc) is 3.04. The minimum absolute atomic E-state index is 0.0640. The van der Waals surface area contributed by atoms with Crippen molar-refractivity contribution in [2.24, 2.45) is 28.1 Å². The van der Waals surface area contributed by atoms with E-state index in [1.165, 1.54) is 17.6 Å².